The van der Waals surface area contributed by atoms with Crippen LogP contribution in [0.3, 0.4) is 0 Å². The van der Waals surface area contributed by atoms with Crippen LogP contribution in [-0.4, -0.2) is 60.6 Å². The Hall–Kier alpha value is 0.270. The van der Waals surface area contributed by atoms with Crippen LogP contribution in [0.15, 0.2) is 0 Å². The standard InChI is InChI=1S/C10H20N2S/c1-11-4-6-12(7-5-11)10-2-8-13-9-3-10/h10H,2-9H2,1H3. The molecule has 2 fully saturated rings. The van der Waals surface area contributed by atoms with Gasteiger partial charge in [-0.05, 0) is 31.4 Å². The lowest BCUT2D eigenvalue weighted by Crippen LogP contribution is -2.49. The Balaban J connectivity index is 1.79. The smallest absolute Gasteiger partial charge is 0.0113 e. The minimum Gasteiger partial charge on any atom is -0.304 e. The molecular formula is C10H20N2S. The van der Waals surface area contributed by atoms with Gasteiger partial charge < -0.3 is 4.90 Å². The fourth-order valence-electron chi connectivity index (χ4n) is 2.24. The lowest BCUT2D eigenvalue weighted by atomic mass is 10.1. The van der Waals surface area contributed by atoms with E-state index in [0.29, 0.717) is 0 Å². The average Bonchev–Trinajstić information content (AvgIpc) is 2.20. The first kappa shape index (κ1) is 9.81. The summed E-state index contributed by atoms with van der Waals surface area (Å²) in [6, 6.07) is 0.912. The highest BCUT2D eigenvalue weighted by atomic mass is 32.2. The van der Waals surface area contributed by atoms with Gasteiger partial charge in [-0.2, -0.15) is 11.8 Å². The summed E-state index contributed by atoms with van der Waals surface area (Å²) in [7, 11) is 2.23. The van der Waals surface area contributed by atoms with Crippen molar-refractivity contribution in [3.8, 4) is 0 Å². The highest BCUT2D eigenvalue weighted by molar-refractivity contribution is 7.99. The summed E-state index contributed by atoms with van der Waals surface area (Å²) in [5, 5.41) is 0. The Kier molecular flexibility index (Phi) is 3.52. The van der Waals surface area contributed by atoms with Gasteiger partial charge in [-0.1, -0.05) is 0 Å². The lowest BCUT2D eigenvalue weighted by Gasteiger charge is -2.39. The molecule has 0 atom stereocenters. The fraction of sp³-hybridized carbons (Fsp3) is 1.00. The van der Waals surface area contributed by atoms with E-state index < -0.39 is 0 Å². The number of nitrogens with zero attached hydrogens (tertiary/aromatic N) is 2. The maximum absolute atomic E-state index is 2.71. The molecule has 0 spiro atoms. The molecule has 2 nitrogen and oxygen atoms in total. The van der Waals surface area contributed by atoms with Crippen molar-refractivity contribution in [1.82, 2.24) is 9.80 Å². The Morgan fingerprint density at radius 1 is 1.00 bits per heavy atom. The van der Waals surface area contributed by atoms with Gasteiger partial charge in [0.2, 0.25) is 0 Å². The first-order valence-corrected chi connectivity index (χ1v) is 6.52. The molecule has 0 aromatic heterocycles. The highest BCUT2D eigenvalue weighted by Crippen LogP contribution is 2.22. The molecule has 0 saturated carbocycles. The molecule has 2 aliphatic heterocycles. The number of thioether (sulfide) groups is 1. The summed E-state index contributed by atoms with van der Waals surface area (Å²) in [6.07, 6.45) is 2.85. The van der Waals surface area contributed by atoms with Crippen LogP contribution in [0.25, 0.3) is 0 Å². The molecule has 2 saturated heterocycles. The second-order valence-corrected chi connectivity index (χ2v) is 5.41. The van der Waals surface area contributed by atoms with E-state index in [1.165, 1.54) is 50.5 Å². The zero-order valence-electron chi connectivity index (χ0n) is 8.54. The van der Waals surface area contributed by atoms with Gasteiger partial charge in [-0.3, -0.25) is 4.90 Å². The second-order valence-electron chi connectivity index (χ2n) is 4.18. The van der Waals surface area contributed by atoms with Crippen LogP contribution < -0.4 is 0 Å². The predicted octanol–water partition coefficient (Wildman–Crippen LogP) is 1.13. The van der Waals surface area contributed by atoms with Gasteiger partial charge in [-0.15, -0.1) is 0 Å². The second kappa shape index (κ2) is 4.67. The van der Waals surface area contributed by atoms with Gasteiger partial charge in [-0.25, -0.2) is 0 Å². The minimum absolute atomic E-state index is 0.912. The zero-order chi connectivity index (χ0) is 9.10. The van der Waals surface area contributed by atoms with Crippen LogP contribution in [0.1, 0.15) is 12.8 Å². The Labute approximate surface area is 85.7 Å². The summed E-state index contributed by atoms with van der Waals surface area (Å²) in [4.78, 5) is 5.15. The van der Waals surface area contributed by atoms with Crippen LogP contribution in [0.4, 0.5) is 0 Å². The van der Waals surface area contributed by atoms with E-state index in [2.05, 4.69) is 28.6 Å². The largest absolute Gasteiger partial charge is 0.304 e. The summed E-state index contributed by atoms with van der Waals surface area (Å²) in [5.41, 5.74) is 0. The lowest BCUT2D eigenvalue weighted by molar-refractivity contribution is 0.107. The number of likely N-dealkylation sites (N-methyl/N-ethyl adjacent to an activating group) is 1. The topological polar surface area (TPSA) is 6.48 Å². The van der Waals surface area contributed by atoms with Crippen molar-refractivity contribution in [1.29, 1.82) is 0 Å². The van der Waals surface area contributed by atoms with Gasteiger partial charge in [0.25, 0.3) is 0 Å². The number of rotatable bonds is 1. The van der Waals surface area contributed by atoms with Crippen LogP contribution >= 0.6 is 11.8 Å². The molecule has 0 radical (unpaired) electrons. The van der Waals surface area contributed by atoms with Crippen molar-refractivity contribution < 1.29 is 0 Å². The van der Waals surface area contributed by atoms with E-state index in [9.17, 15) is 0 Å². The zero-order valence-corrected chi connectivity index (χ0v) is 9.35. The molecule has 0 unspecified atom stereocenters. The molecule has 2 rings (SSSR count). The van der Waals surface area contributed by atoms with E-state index in [-0.39, 0.29) is 0 Å². The summed E-state index contributed by atoms with van der Waals surface area (Å²) >= 11 is 2.13. The molecular weight excluding hydrogens is 180 g/mol. The van der Waals surface area contributed by atoms with Gasteiger partial charge in [0.15, 0.2) is 0 Å². The molecule has 13 heavy (non-hydrogen) atoms. The van der Waals surface area contributed by atoms with Crippen molar-refractivity contribution >= 4 is 11.8 Å². The third-order valence-corrected chi connectivity index (χ3v) is 4.29. The van der Waals surface area contributed by atoms with Crippen LogP contribution in [0, 0.1) is 0 Å². The molecule has 2 aliphatic rings. The number of hydrogen-bond acceptors (Lipinski definition) is 3. The highest BCUT2D eigenvalue weighted by Gasteiger charge is 2.23. The third kappa shape index (κ3) is 2.61. The summed E-state index contributed by atoms with van der Waals surface area (Å²) in [6.45, 7) is 5.13. The summed E-state index contributed by atoms with van der Waals surface area (Å²) < 4.78 is 0. The fourth-order valence-corrected chi connectivity index (χ4v) is 3.32. The maximum atomic E-state index is 2.71. The minimum atomic E-state index is 0.912. The molecule has 0 aliphatic carbocycles. The first-order chi connectivity index (χ1) is 6.36. The molecule has 2 heterocycles. The van der Waals surface area contributed by atoms with Crippen molar-refractivity contribution in [3.05, 3.63) is 0 Å². The van der Waals surface area contributed by atoms with Crippen molar-refractivity contribution in [2.24, 2.45) is 0 Å². The molecule has 0 aromatic carbocycles. The van der Waals surface area contributed by atoms with Crippen LogP contribution in [0.5, 0.6) is 0 Å². The monoisotopic (exact) mass is 200 g/mol. The Morgan fingerprint density at radius 3 is 2.23 bits per heavy atom. The molecule has 0 N–H and O–H groups in total. The van der Waals surface area contributed by atoms with Gasteiger partial charge >= 0.3 is 0 Å². The Bertz CT molecular complexity index is 149. The Morgan fingerprint density at radius 2 is 1.62 bits per heavy atom. The van der Waals surface area contributed by atoms with Crippen molar-refractivity contribution in [2.75, 3.05) is 44.7 Å². The van der Waals surface area contributed by atoms with E-state index in [4.69, 9.17) is 0 Å². The van der Waals surface area contributed by atoms with Crippen LogP contribution in [0.2, 0.25) is 0 Å². The maximum Gasteiger partial charge on any atom is 0.0113 e. The SMILES string of the molecule is CN1CCN(C2CCSCC2)CC1. The van der Waals surface area contributed by atoms with Gasteiger partial charge in [0, 0.05) is 32.2 Å². The molecule has 0 aromatic rings. The van der Waals surface area contributed by atoms with Crippen molar-refractivity contribution in [2.45, 2.75) is 18.9 Å². The molecule has 3 heteroatoms. The average molecular weight is 200 g/mol. The van der Waals surface area contributed by atoms with E-state index in [0.717, 1.165) is 6.04 Å². The normalized spacial score (nSPS) is 29.3. The van der Waals surface area contributed by atoms with E-state index >= 15 is 0 Å². The third-order valence-electron chi connectivity index (χ3n) is 3.25. The summed E-state index contributed by atoms with van der Waals surface area (Å²) in [5.74, 6) is 2.77. The van der Waals surface area contributed by atoms with Gasteiger partial charge in [0.05, 0.1) is 0 Å². The van der Waals surface area contributed by atoms with Gasteiger partial charge in [0.1, 0.15) is 0 Å². The molecule has 76 valence electrons. The molecule has 0 bridgehead atoms. The number of piperazine rings is 1. The predicted molar refractivity (Wildman–Crippen MR) is 59.4 cm³/mol. The van der Waals surface area contributed by atoms with E-state index in [1.807, 2.05) is 0 Å². The quantitative estimate of drug-likeness (QED) is 0.626. The van der Waals surface area contributed by atoms with Crippen LogP contribution in [-0.2, 0) is 0 Å². The molecule has 0 amide bonds. The number of hydrogen-bond donors (Lipinski definition) is 0. The van der Waals surface area contributed by atoms with E-state index in [1.54, 1.807) is 0 Å². The first-order valence-electron chi connectivity index (χ1n) is 5.36. The van der Waals surface area contributed by atoms with Crippen molar-refractivity contribution in [3.63, 3.8) is 0 Å².